The number of rotatable bonds is 5. The maximum Gasteiger partial charge on any atom is 0.142 e. The van der Waals surface area contributed by atoms with Crippen LogP contribution in [0.25, 0.3) is 0 Å². The Kier molecular flexibility index (Phi) is 5.03. The maximum absolute atomic E-state index is 5.40. The Morgan fingerprint density at radius 3 is 2.44 bits per heavy atom. The van der Waals surface area contributed by atoms with E-state index in [2.05, 4.69) is 51.0 Å². The van der Waals surface area contributed by atoms with Crippen molar-refractivity contribution in [3.05, 3.63) is 24.3 Å². The van der Waals surface area contributed by atoms with Crippen molar-refractivity contribution >= 4 is 5.69 Å². The first-order chi connectivity index (χ1) is 8.35. The number of anilines is 1. The Bertz CT molecular complexity index is 371. The van der Waals surface area contributed by atoms with Crippen molar-refractivity contribution in [3.63, 3.8) is 0 Å². The molecule has 0 aromatic heterocycles. The SMILES string of the molecule is COc1ccccc1N(C)C(C)CNC(C)(C)C. The van der Waals surface area contributed by atoms with Gasteiger partial charge in [-0.2, -0.15) is 0 Å². The Hall–Kier alpha value is -1.22. The highest BCUT2D eigenvalue weighted by atomic mass is 16.5. The van der Waals surface area contributed by atoms with Gasteiger partial charge in [0.1, 0.15) is 5.75 Å². The van der Waals surface area contributed by atoms with Crippen LogP contribution in [0, 0.1) is 0 Å². The minimum Gasteiger partial charge on any atom is -0.495 e. The van der Waals surface area contributed by atoms with Gasteiger partial charge in [-0.3, -0.25) is 0 Å². The van der Waals surface area contributed by atoms with Gasteiger partial charge in [0.25, 0.3) is 0 Å². The van der Waals surface area contributed by atoms with E-state index < -0.39 is 0 Å². The minimum atomic E-state index is 0.149. The van der Waals surface area contributed by atoms with Crippen LogP contribution in [0.1, 0.15) is 27.7 Å². The average Bonchev–Trinajstić information content (AvgIpc) is 2.34. The number of methoxy groups -OCH3 is 1. The van der Waals surface area contributed by atoms with Crippen LogP contribution < -0.4 is 15.0 Å². The summed E-state index contributed by atoms with van der Waals surface area (Å²) in [7, 11) is 3.82. The molecule has 0 fully saturated rings. The molecule has 102 valence electrons. The summed E-state index contributed by atoms with van der Waals surface area (Å²) >= 11 is 0. The molecule has 0 aliphatic rings. The first kappa shape index (κ1) is 14.8. The molecule has 1 rings (SSSR count). The highest BCUT2D eigenvalue weighted by molar-refractivity contribution is 5.58. The monoisotopic (exact) mass is 250 g/mol. The van der Waals surface area contributed by atoms with Crippen LogP contribution in [0.3, 0.4) is 0 Å². The molecule has 3 nitrogen and oxygen atoms in total. The van der Waals surface area contributed by atoms with Crippen molar-refractivity contribution in [1.29, 1.82) is 0 Å². The lowest BCUT2D eigenvalue weighted by molar-refractivity contribution is 0.400. The number of ether oxygens (including phenoxy) is 1. The third kappa shape index (κ3) is 4.22. The summed E-state index contributed by atoms with van der Waals surface area (Å²) in [4.78, 5) is 2.25. The number of hydrogen-bond donors (Lipinski definition) is 1. The number of nitrogens with one attached hydrogen (secondary N) is 1. The van der Waals surface area contributed by atoms with E-state index in [9.17, 15) is 0 Å². The molecule has 1 unspecified atom stereocenters. The molecule has 0 spiro atoms. The van der Waals surface area contributed by atoms with E-state index in [1.807, 2.05) is 18.2 Å². The van der Waals surface area contributed by atoms with Gasteiger partial charge in [-0.05, 0) is 39.8 Å². The third-order valence-corrected chi connectivity index (χ3v) is 3.05. The van der Waals surface area contributed by atoms with Gasteiger partial charge in [0.2, 0.25) is 0 Å². The number of benzene rings is 1. The van der Waals surface area contributed by atoms with Gasteiger partial charge in [-0.25, -0.2) is 0 Å². The molecule has 1 N–H and O–H groups in total. The van der Waals surface area contributed by atoms with E-state index >= 15 is 0 Å². The molecular formula is C15H26N2O. The van der Waals surface area contributed by atoms with E-state index in [-0.39, 0.29) is 5.54 Å². The second kappa shape index (κ2) is 6.10. The summed E-state index contributed by atoms with van der Waals surface area (Å²) in [5.74, 6) is 0.919. The Morgan fingerprint density at radius 2 is 1.89 bits per heavy atom. The van der Waals surface area contributed by atoms with Crippen LogP contribution in [-0.2, 0) is 0 Å². The summed E-state index contributed by atoms with van der Waals surface area (Å²) < 4.78 is 5.40. The van der Waals surface area contributed by atoms with Gasteiger partial charge in [0, 0.05) is 25.2 Å². The van der Waals surface area contributed by atoms with Gasteiger partial charge >= 0.3 is 0 Å². The van der Waals surface area contributed by atoms with Crippen LogP contribution in [0.15, 0.2) is 24.3 Å². The van der Waals surface area contributed by atoms with E-state index in [4.69, 9.17) is 4.74 Å². The second-order valence-corrected chi connectivity index (χ2v) is 5.76. The summed E-state index contributed by atoms with van der Waals surface area (Å²) in [6, 6.07) is 8.52. The molecular weight excluding hydrogens is 224 g/mol. The van der Waals surface area contributed by atoms with Crippen molar-refractivity contribution in [2.75, 3.05) is 25.6 Å². The minimum absolute atomic E-state index is 0.149. The van der Waals surface area contributed by atoms with E-state index in [1.165, 1.54) is 0 Å². The lowest BCUT2D eigenvalue weighted by Gasteiger charge is -2.31. The van der Waals surface area contributed by atoms with E-state index in [0.717, 1.165) is 18.0 Å². The number of para-hydroxylation sites is 2. The number of nitrogens with zero attached hydrogens (tertiary/aromatic N) is 1. The predicted octanol–water partition coefficient (Wildman–Crippen LogP) is 2.91. The fraction of sp³-hybridized carbons (Fsp3) is 0.600. The summed E-state index contributed by atoms with van der Waals surface area (Å²) in [5.41, 5.74) is 1.28. The Labute approximate surface area is 111 Å². The van der Waals surface area contributed by atoms with Gasteiger partial charge in [0.15, 0.2) is 0 Å². The van der Waals surface area contributed by atoms with Gasteiger partial charge in [0.05, 0.1) is 12.8 Å². The fourth-order valence-electron chi connectivity index (χ4n) is 1.75. The van der Waals surface area contributed by atoms with Crippen LogP contribution >= 0.6 is 0 Å². The third-order valence-electron chi connectivity index (χ3n) is 3.05. The molecule has 18 heavy (non-hydrogen) atoms. The first-order valence-corrected chi connectivity index (χ1v) is 6.46. The number of hydrogen-bond acceptors (Lipinski definition) is 3. The average molecular weight is 250 g/mol. The van der Waals surface area contributed by atoms with Gasteiger partial charge in [-0.15, -0.1) is 0 Å². The van der Waals surface area contributed by atoms with E-state index in [0.29, 0.717) is 6.04 Å². The zero-order valence-corrected chi connectivity index (χ0v) is 12.4. The largest absolute Gasteiger partial charge is 0.495 e. The van der Waals surface area contributed by atoms with Crippen molar-refractivity contribution in [3.8, 4) is 5.75 Å². The Balaban J connectivity index is 2.71. The molecule has 1 atom stereocenters. The molecule has 0 bridgehead atoms. The Morgan fingerprint density at radius 1 is 1.28 bits per heavy atom. The number of likely N-dealkylation sites (N-methyl/N-ethyl adjacent to an activating group) is 1. The summed E-state index contributed by atoms with van der Waals surface area (Å²) in [5, 5.41) is 3.53. The maximum atomic E-state index is 5.40. The van der Waals surface area contributed by atoms with Crippen molar-refractivity contribution in [2.24, 2.45) is 0 Å². The topological polar surface area (TPSA) is 24.5 Å². The van der Waals surface area contributed by atoms with E-state index in [1.54, 1.807) is 7.11 Å². The zero-order chi connectivity index (χ0) is 13.8. The summed E-state index contributed by atoms with van der Waals surface area (Å²) in [6.07, 6.45) is 0. The van der Waals surface area contributed by atoms with Crippen molar-refractivity contribution in [1.82, 2.24) is 5.32 Å². The fourth-order valence-corrected chi connectivity index (χ4v) is 1.75. The van der Waals surface area contributed by atoms with Crippen LogP contribution in [-0.4, -0.2) is 32.3 Å². The lowest BCUT2D eigenvalue weighted by Crippen LogP contribution is -2.45. The summed E-state index contributed by atoms with van der Waals surface area (Å²) in [6.45, 7) is 9.71. The molecule has 3 heteroatoms. The molecule has 0 aliphatic carbocycles. The lowest BCUT2D eigenvalue weighted by atomic mass is 10.1. The van der Waals surface area contributed by atoms with Gasteiger partial charge < -0.3 is 15.0 Å². The van der Waals surface area contributed by atoms with Crippen LogP contribution in [0.5, 0.6) is 5.75 Å². The molecule has 1 aromatic rings. The zero-order valence-electron chi connectivity index (χ0n) is 12.4. The molecule has 1 aromatic carbocycles. The normalized spacial score (nSPS) is 13.2. The predicted molar refractivity (Wildman–Crippen MR) is 78.6 cm³/mol. The van der Waals surface area contributed by atoms with Crippen LogP contribution in [0.4, 0.5) is 5.69 Å². The molecule has 0 saturated heterocycles. The van der Waals surface area contributed by atoms with Crippen molar-refractivity contribution in [2.45, 2.75) is 39.3 Å². The molecule has 0 radical (unpaired) electrons. The highest BCUT2D eigenvalue weighted by Gasteiger charge is 2.16. The standard InChI is InChI=1S/C15H26N2O/c1-12(11-16-15(2,3)4)17(5)13-9-7-8-10-14(13)18-6/h7-10,12,16H,11H2,1-6H3. The van der Waals surface area contributed by atoms with Crippen LogP contribution in [0.2, 0.25) is 0 Å². The molecule has 0 aliphatic heterocycles. The first-order valence-electron chi connectivity index (χ1n) is 6.46. The smallest absolute Gasteiger partial charge is 0.142 e. The van der Waals surface area contributed by atoms with Crippen molar-refractivity contribution < 1.29 is 4.74 Å². The molecule has 0 heterocycles. The quantitative estimate of drug-likeness (QED) is 0.869. The van der Waals surface area contributed by atoms with Gasteiger partial charge in [-0.1, -0.05) is 12.1 Å². The highest BCUT2D eigenvalue weighted by Crippen LogP contribution is 2.27. The second-order valence-electron chi connectivity index (χ2n) is 5.76. The molecule has 0 amide bonds. The molecule has 0 saturated carbocycles.